The van der Waals surface area contributed by atoms with E-state index in [0.29, 0.717) is 22.5 Å². The number of hydrogen-bond donors (Lipinski definition) is 4. The first-order valence-electron chi connectivity index (χ1n) is 12.2. The molecule has 0 amide bonds. The third kappa shape index (κ3) is 6.83. The van der Waals surface area contributed by atoms with Gasteiger partial charge in [0.25, 0.3) is 5.56 Å². The monoisotopic (exact) mass is 517 g/mol. The number of aromatic amines is 1. The van der Waals surface area contributed by atoms with Crippen molar-refractivity contribution in [2.75, 3.05) is 7.05 Å². The van der Waals surface area contributed by atoms with Crippen LogP contribution in [-0.2, 0) is 0 Å². The van der Waals surface area contributed by atoms with Crippen LogP contribution >= 0.6 is 0 Å². The van der Waals surface area contributed by atoms with E-state index in [1.807, 2.05) is 32.0 Å². The van der Waals surface area contributed by atoms with Crippen LogP contribution in [0.4, 0.5) is 11.4 Å². The highest BCUT2D eigenvalue weighted by Crippen LogP contribution is 2.38. The van der Waals surface area contributed by atoms with Crippen LogP contribution in [-0.4, -0.2) is 33.0 Å². The number of phenolic OH excluding ortho intramolecular Hbond substituents is 1. The molecule has 4 aromatic rings. The van der Waals surface area contributed by atoms with Crippen LogP contribution in [0.2, 0.25) is 0 Å². The number of aromatic nitrogens is 2. The van der Waals surface area contributed by atoms with Gasteiger partial charge >= 0.3 is 5.97 Å². The van der Waals surface area contributed by atoms with Gasteiger partial charge in [0.15, 0.2) is 11.4 Å². The number of hydrogen-bond acceptors (Lipinski definition) is 6. The molecule has 3 aromatic carbocycles. The summed E-state index contributed by atoms with van der Waals surface area (Å²) in [7, 11) is 1.50. The Labute approximate surface area is 222 Å². The van der Waals surface area contributed by atoms with E-state index in [1.165, 1.54) is 30.3 Å². The van der Waals surface area contributed by atoms with Gasteiger partial charge in [0.2, 0.25) is 0 Å². The van der Waals surface area contributed by atoms with Crippen LogP contribution in [0, 0.1) is 20.8 Å². The van der Waals surface area contributed by atoms with Gasteiger partial charge in [-0.25, -0.2) is 9.48 Å². The lowest BCUT2D eigenvalue weighted by Crippen LogP contribution is -2.14. The van der Waals surface area contributed by atoms with E-state index < -0.39 is 5.97 Å². The maximum atomic E-state index is 12.9. The van der Waals surface area contributed by atoms with Crippen LogP contribution in [0.15, 0.2) is 75.7 Å². The zero-order valence-corrected chi connectivity index (χ0v) is 22.6. The molecule has 38 heavy (non-hydrogen) atoms. The predicted molar refractivity (Wildman–Crippen MR) is 151 cm³/mol. The Morgan fingerprint density at radius 3 is 2.24 bits per heavy atom. The van der Waals surface area contributed by atoms with Gasteiger partial charge in [-0.1, -0.05) is 50.6 Å². The molecule has 0 aliphatic heterocycles. The number of carboxylic acid groups (broad SMARTS) is 1. The number of rotatable bonds is 5. The van der Waals surface area contributed by atoms with Gasteiger partial charge in [0.05, 0.1) is 16.9 Å². The number of nitrogens with one attached hydrogen (secondary N) is 1. The summed E-state index contributed by atoms with van der Waals surface area (Å²) in [6.07, 6.45) is 1.25. The van der Waals surface area contributed by atoms with Gasteiger partial charge < -0.3 is 15.9 Å². The molecule has 0 atom stereocenters. The fourth-order valence-corrected chi connectivity index (χ4v) is 3.47. The van der Waals surface area contributed by atoms with E-state index in [2.05, 4.69) is 34.9 Å². The Kier molecular flexibility index (Phi) is 10.7. The Hall–Kier alpha value is -4.50. The van der Waals surface area contributed by atoms with Gasteiger partial charge in [-0.05, 0) is 74.8 Å². The first-order valence-corrected chi connectivity index (χ1v) is 12.2. The summed E-state index contributed by atoms with van der Waals surface area (Å²) < 4.78 is 1.41. The third-order valence-corrected chi connectivity index (χ3v) is 5.48. The lowest BCUT2D eigenvalue weighted by molar-refractivity contribution is 0.0697. The molecule has 0 unspecified atom stereocenters. The molecule has 1 heterocycles. The lowest BCUT2D eigenvalue weighted by atomic mass is 10.0. The van der Waals surface area contributed by atoms with E-state index in [4.69, 9.17) is 0 Å². The average Bonchev–Trinajstić information content (AvgIpc) is 3.19. The van der Waals surface area contributed by atoms with E-state index in [9.17, 15) is 19.8 Å². The maximum absolute atomic E-state index is 12.9. The quantitative estimate of drug-likeness (QED) is 0.221. The molecule has 9 nitrogen and oxygen atoms in total. The minimum absolute atomic E-state index is 0.105. The highest BCUT2D eigenvalue weighted by atomic mass is 16.4. The van der Waals surface area contributed by atoms with Gasteiger partial charge in [-0.3, -0.25) is 9.89 Å². The smallest absolute Gasteiger partial charge is 0.335 e. The summed E-state index contributed by atoms with van der Waals surface area (Å²) in [6.45, 7) is 9.95. The minimum Gasteiger partial charge on any atom is -0.505 e. The predicted octanol–water partition coefficient (Wildman–Crippen LogP) is 6.57. The second-order valence-corrected chi connectivity index (χ2v) is 8.46. The number of aryl methyl sites for hydroxylation is 3. The fraction of sp³-hybridized carbons (Fsp3) is 0.241. The van der Waals surface area contributed by atoms with Gasteiger partial charge in [-0.15, -0.1) is 10.2 Å². The van der Waals surface area contributed by atoms with E-state index in [1.54, 1.807) is 37.3 Å². The molecule has 0 aliphatic rings. The van der Waals surface area contributed by atoms with Crippen molar-refractivity contribution in [3.8, 4) is 22.6 Å². The van der Waals surface area contributed by atoms with Crippen molar-refractivity contribution in [2.45, 2.75) is 41.0 Å². The maximum Gasteiger partial charge on any atom is 0.335 e. The summed E-state index contributed by atoms with van der Waals surface area (Å²) >= 11 is 0. The SMILES string of the molecule is CCC.CN.Cc1ccc(-n2[nH]c(C)c(N=Nc3cccc(-c4cccc(C(=O)O)c4)c3O)c2=O)cc1C. The Morgan fingerprint density at radius 2 is 1.61 bits per heavy atom. The molecule has 0 saturated heterocycles. The van der Waals surface area contributed by atoms with Crippen molar-refractivity contribution in [2.24, 2.45) is 16.0 Å². The molecule has 0 radical (unpaired) electrons. The molecular formula is C29H35N5O4. The second-order valence-electron chi connectivity index (χ2n) is 8.46. The molecule has 0 spiro atoms. The van der Waals surface area contributed by atoms with Crippen molar-refractivity contribution in [3.63, 3.8) is 0 Å². The number of aromatic hydroxyl groups is 1. The molecule has 4 rings (SSSR count). The molecule has 0 fully saturated rings. The number of carbonyl (C=O) groups is 1. The first kappa shape index (κ1) is 29.7. The minimum atomic E-state index is -1.06. The number of nitrogens with zero attached hydrogens (tertiary/aromatic N) is 3. The summed E-state index contributed by atoms with van der Waals surface area (Å²) in [5, 5.41) is 31.2. The molecule has 5 N–H and O–H groups in total. The van der Waals surface area contributed by atoms with Gasteiger partial charge in [-0.2, -0.15) is 0 Å². The molecule has 0 saturated carbocycles. The topological polar surface area (TPSA) is 146 Å². The van der Waals surface area contributed by atoms with Crippen molar-refractivity contribution in [1.82, 2.24) is 9.78 Å². The number of H-pyrrole nitrogens is 1. The van der Waals surface area contributed by atoms with Crippen LogP contribution in [0.1, 0.15) is 47.4 Å². The van der Waals surface area contributed by atoms with Gasteiger partial charge in [0.1, 0.15) is 5.69 Å². The molecule has 200 valence electrons. The van der Waals surface area contributed by atoms with E-state index in [0.717, 1.165) is 11.1 Å². The molecular weight excluding hydrogens is 482 g/mol. The standard InChI is InChI=1S/C25H22N4O4.C3H8.CH5N/c1-14-10-11-19(12-15(14)2)29-24(31)22(16(3)28-29)27-26-21-9-5-8-20(23(21)30)17-6-4-7-18(13-17)25(32)33;1-3-2;1-2/h4-13,28,30H,1-3H3,(H,32,33);3H2,1-2H3;2H2,1H3. The number of carboxylic acids is 1. The highest BCUT2D eigenvalue weighted by molar-refractivity contribution is 5.90. The summed E-state index contributed by atoms with van der Waals surface area (Å²) in [6, 6.07) is 16.8. The molecule has 0 bridgehead atoms. The number of nitrogens with two attached hydrogens (primary N) is 1. The summed E-state index contributed by atoms with van der Waals surface area (Å²) in [5.41, 5.74) is 8.88. The van der Waals surface area contributed by atoms with E-state index in [-0.39, 0.29) is 28.2 Å². The molecule has 1 aromatic heterocycles. The van der Waals surface area contributed by atoms with Crippen molar-refractivity contribution < 1.29 is 15.0 Å². The van der Waals surface area contributed by atoms with E-state index >= 15 is 0 Å². The Balaban J connectivity index is 0.000000947. The van der Waals surface area contributed by atoms with Gasteiger partial charge in [0, 0.05) is 5.56 Å². The summed E-state index contributed by atoms with van der Waals surface area (Å²) in [5.74, 6) is -1.22. The highest BCUT2D eigenvalue weighted by Gasteiger charge is 2.14. The first-order chi connectivity index (χ1) is 18.2. The van der Waals surface area contributed by atoms with Crippen LogP contribution in [0.5, 0.6) is 5.75 Å². The lowest BCUT2D eigenvalue weighted by Gasteiger charge is -2.07. The molecule has 0 aliphatic carbocycles. The second kappa shape index (κ2) is 13.7. The fourth-order valence-electron chi connectivity index (χ4n) is 3.47. The number of benzene rings is 3. The number of aromatic carboxylic acids is 1. The number of azo groups is 1. The van der Waals surface area contributed by atoms with Crippen LogP contribution < -0.4 is 11.3 Å². The average molecular weight is 518 g/mol. The zero-order valence-electron chi connectivity index (χ0n) is 22.6. The van der Waals surface area contributed by atoms with Crippen LogP contribution in [0.3, 0.4) is 0 Å². The van der Waals surface area contributed by atoms with Crippen molar-refractivity contribution >= 4 is 17.3 Å². The van der Waals surface area contributed by atoms with Crippen molar-refractivity contribution in [1.29, 1.82) is 0 Å². The normalized spacial score (nSPS) is 10.4. The Bertz CT molecular complexity index is 1480. The van der Waals surface area contributed by atoms with Crippen LogP contribution in [0.25, 0.3) is 16.8 Å². The number of phenols is 1. The molecule has 9 heteroatoms. The zero-order chi connectivity index (χ0) is 28.4. The number of para-hydroxylation sites is 1. The Morgan fingerprint density at radius 1 is 0.947 bits per heavy atom. The third-order valence-electron chi connectivity index (χ3n) is 5.48. The van der Waals surface area contributed by atoms with Crippen molar-refractivity contribution in [3.05, 3.63) is 93.4 Å². The largest absolute Gasteiger partial charge is 0.505 e. The summed E-state index contributed by atoms with van der Waals surface area (Å²) in [4.78, 5) is 24.2.